The minimum atomic E-state index is 0.565. The molecule has 1 fully saturated rings. The number of fused-ring (bicyclic) bond motifs is 1. The number of anilines is 2. The van der Waals surface area contributed by atoms with E-state index in [0.717, 1.165) is 42.8 Å². The summed E-state index contributed by atoms with van der Waals surface area (Å²) in [6.07, 6.45) is 5.75. The van der Waals surface area contributed by atoms with Crippen molar-refractivity contribution in [2.24, 2.45) is 7.05 Å². The Bertz CT molecular complexity index is 820. The van der Waals surface area contributed by atoms with Crippen molar-refractivity contribution in [1.82, 2.24) is 19.7 Å². The van der Waals surface area contributed by atoms with Crippen molar-refractivity contribution < 1.29 is 0 Å². The summed E-state index contributed by atoms with van der Waals surface area (Å²) in [4.78, 5) is 13.6. The van der Waals surface area contributed by atoms with Gasteiger partial charge in [0.15, 0.2) is 5.65 Å². The molecule has 0 aliphatic carbocycles. The van der Waals surface area contributed by atoms with E-state index in [-0.39, 0.29) is 0 Å². The van der Waals surface area contributed by atoms with Crippen molar-refractivity contribution in [3.63, 3.8) is 0 Å². The molecule has 124 valence electrons. The summed E-state index contributed by atoms with van der Waals surface area (Å²) in [7, 11) is 4.11. The second kappa shape index (κ2) is 6.11. The van der Waals surface area contributed by atoms with Crippen LogP contribution in [0.1, 0.15) is 12.8 Å². The molecule has 2 aromatic heterocycles. The lowest BCUT2D eigenvalue weighted by molar-refractivity contribution is 0.481. The monoisotopic (exact) mass is 322 g/mol. The Morgan fingerprint density at radius 3 is 2.58 bits per heavy atom. The number of aryl methyl sites for hydroxylation is 1. The van der Waals surface area contributed by atoms with Gasteiger partial charge in [-0.25, -0.2) is 9.97 Å². The summed E-state index contributed by atoms with van der Waals surface area (Å²) in [6.45, 7) is 2.01. The predicted octanol–water partition coefficient (Wildman–Crippen LogP) is 2.47. The highest BCUT2D eigenvalue weighted by Gasteiger charge is 2.25. The van der Waals surface area contributed by atoms with Gasteiger partial charge < -0.3 is 9.80 Å². The van der Waals surface area contributed by atoms with Crippen LogP contribution < -0.4 is 9.80 Å². The third-order valence-electron chi connectivity index (χ3n) is 4.98. The second-order valence-electron chi connectivity index (χ2n) is 6.37. The van der Waals surface area contributed by atoms with Gasteiger partial charge in [0.2, 0.25) is 0 Å². The summed E-state index contributed by atoms with van der Waals surface area (Å²) in [6, 6.07) is 11.2. The van der Waals surface area contributed by atoms with E-state index in [2.05, 4.69) is 62.2 Å². The Labute approximate surface area is 141 Å². The molecule has 0 saturated carbocycles. The van der Waals surface area contributed by atoms with Crippen LogP contribution in [0.3, 0.4) is 0 Å². The first-order chi connectivity index (χ1) is 11.7. The number of nitrogens with zero attached hydrogens (tertiary/aromatic N) is 6. The van der Waals surface area contributed by atoms with Gasteiger partial charge in [-0.15, -0.1) is 0 Å². The zero-order valence-electron chi connectivity index (χ0n) is 14.1. The van der Waals surface area contributed by atoms with E-state index in [9.17, 15) is 0 Å². The highest BCUT2D eigenvalue weighted by molar-refractivity contribution is 5.86. The quantitative estimate of drug-likeness (QED) is 0.741. The highest BCUT2D eigenvalue weighted by Crippen LogP contribution is 2.27. The van der Waals surface area contributed by atoms with Gasteiger partial charge >= 0.3 is 0 Å². The average molecular weight is 322 g/mol. The molecular formula is C18H22N6. The van der Waals surface area contributed by atoms with Crippen LogP contribution in [0.4, 0.5) is 11.5 Å². The molecule has 3 heterocycles. The van der Waals surface area contributed by atoms with E-state index < -0.39 is 0 Å². The summed E-state index contributed by atoms with van der Waals surface area (Å²) >= 11 is 0. The lowest BCUT2D eigenvalue weighted by Gasteiger charge is -2.38. The lowest BCUT2D eigenvalue weighted by Crippen LogP contribution is -2.43. The van der Waals surface area contributed by atoms with Crippen molar-refractivity contribution >= 4 is 22.5 Å². The fraction of sp³-hybridized carbons (Fsp3) is 0.389. The largest absolute Gasteiger partial charge is 0.371 e. The van der Waals surface area contributed by atoms with Crippen LogP contribution in [0.5, 0.6) is 0 Å². The fourth-order valence-corrected chi connectivity index (χ4v) is 3.54. The van der Waals surface area contributed by atoms with Crippen LogP contribution in [0.2, 0.25) is 0 Å². The van der Waals surface area contributed by atoms with Crippen molar-refractivity contribution in [2.45, 2.75) is 18.9 Å². The van der Waals surface area contributed by atoms with Crippen molar-refractivity contribution in [1.29, 1.82) is 0 Å². The van der Waals surface area contributed by atoms with Gasteiger partial charge in [-0.05, 0) is 25.0 Å². The van der Waals surface area contributed by atoms with Crippen LogP contribution in [0.15, 0.2) is 42.9 Å². The number of para-hydroxylation sites is 1. The van der Waals surface area contributed by atoms with Crippen LogP contribution >= 0.6 is 0 Å². The van der Waals surface area contributed by atoms with Gasteiger partial charge in [0.05, 0.1) is 11.6 Å². The van der Waals surface area contributed by atoms with Crippen LogP contribution in [0, 0.1) is 0 Å². The van der Waals surface area contributed by atoms with Crippen LogP contribution in [-0.4, -0.2) is 45.9 Å². The zero-order chi connectivity index (χ0) is 16.5. The lowest BCUT2D eigenvalue weighted by atomic mass is 10.0. The zero-order valence-corrected chi connectivity index (χ0v) is 14.1. The highest BCUT2D eigenvalue weighted by atomic mass is 15.3. The molecule has 0 atom stereocenters. The molecule has 3 aromatic rings. The molecule has 24 heavy (non-hydrogen) atoms. The van der Waals surface area contributed by atoms with Gasteiger partial charge in [-0.2, -0.15) is 5.10 Å². The van der Waals surface area contributed by atoms with E-state index in [1.807, 2.05) is 13.2 Å². The molecule has 4 rings (SSSR count). The van der Waals surface area contributed by atoms with E-state index >= 15 is 0 Å². The first kappa shape index (κ1) is 14.9. The minimum Gasteiger partial charge on any atom is -0.371 e. The van der Waals surface area contributed by atoms with E-state index in [1.54, 1.807) is 11.0 Å². The molecule has 1 saturated heterocycles. The summed E-state index contributed by atoms with van der Waals surface area (Å²) in [5, 5.41) is 5.35. The van der Waals surface area contributed by atoms with Crippen LogP contribution in [0.25, 0.3) is 11.0 Å². The molecule has 1 aliphatic rings. The Morgan fingerprint density at radius 1 is 1.08 bits per heavy atom. The number of aromatic nitrogens is 4. The van der Waals surface area contributed by atoms with Crippen molar-refractivity contribution in [2.75, 3.05) is 29.9 Å². The smallest absolute Gasteiger partial charge is 0.163 e. The number of benzene rings is 1. The number of hydrogen-bond acceptors (Lipinski definition) is 5. The normalized spacial score (nSPS) is 15.8. The predicted molar refractivity (Wildman–Crippen MR) is 96.4 cm³/mol. The summed E-state index contributed by atoms with van der Waals surface area (Å²) in [5.41, 5.74) is 2.18. The van der Waals surface area contributed by atoms with Crippen molar-refractivity contribution in [3.05, 3.63) is 42.9 Å². The molecule has 0 amide bonds. The van der Waals surface area contributed by atoms with Gasteiger partial charge in [0, 0.05) is 38.9 Å². The van der Waals surface area contributed by atoms with Gasteiger partial charge in [0.1, 0.15) is 12.1 Å². The topological polar surface area (TPSA) is 50.1 Å². The standard InChI is InChI=1S/C18H22N6/c1-22(14-6-4-3-5-7-14)15-8-10-24(11-9-15)18-16-12-21-23(2)17(16)19-13-20-18/h3-7,12-13,15H,8-11H2,1-2H3. The maximum absolute atomic E-state index is 4.52. The fourth-order valence-electron chi connectivity index (χ4n) is 3.54. The third kappa shape index (κ3) is 2.58. The van der Waals surface area contributed by atoms with Gasteiger partial charge in [-0.3, -0.25) is 4.68 Å². The molecule has 0 bridgehead atoms. The molecule has 0 radical (unpaired) electrons. The first-order valence-electron chi connectivity index (χ1n) is 8.39. The Kier molecular flexibility index (Phi) is 3.80. The molecule has 0 unspecified atom stereocenters. The maximum atomic E-state index is 4.52. The summed E-state index contributed by atoms with van der Waals surface area (Å²) < 4.78 is 1.80. The number of hydrogen-bond donors (Lipinski definition) is 0. The average Bonchev–Trinajstić information content (AvgIpc) is 3.03. The molecule has 1 aromatic carbocycles. The van der Waals surface area contributed by atoms with Crippen LogP contribution in [-0.2, 0) is 7.05 Å². The van der Waals surface area contributed by atoms with E-state index in [4.69, 9.17) is 0 Å². The number of rotatable bonds is 3. The SMILES string of the molecule is CN(c1ccccc1)C1CCN(c2ncnc3c2cnn3C)CC1. The Morgan fingerprint density at radius 2 is 1.83 bits per heavy atom. The van der Waals surface area contributed by atoms with Crippen molar-refractivity contribution in [3.8, 4) is 0 Å². The molecule has 0 N–H and O–H groups in total. The van der Waals surface area contributed by atoms with Gasteiger partial charge in [-0.1, -0.05) is 18.2 Å². The molecule has 6 nitrogen and oxygen atoms in total. The number of piperidine rings is 1. The molecular weight excluding hydrogens is 300 g/mol. The first-order valence-corrected chi connectivity index (χ1v) is 8.39. The molecule has 1 aliphatic heterocycles. The van der Waals surface area contributed by atoms with Gasteiger partial charge in [0.25, 0.3) is 0 Å². The minimum absolute atomic E-state index is 0.565. The molecule has 0 spiro atoms. The summed E-state index contributed by atoms with van der Waals surface area (Å²) in [5.74, 6) is 1.01. The molecule has 6 heteroatoms. The maximum Gasteiger partial charge on any atom is 0.163 e. The second-order valence-corrected chi connectivity index (χ2v) is 6.37. The van der Waals surface area contributed by atoms with E-state index in [0.29, 0.717) is 6.04 Å². The third-order valence-corrected chi connectivity index (χ3v) is 4.98. The Balaban J connectivity index is 1.50. The Hall–Kier alpha value is -2.63. The van der Waals surface area contributed by atoms with E-state index in [1.165, 1.54) is 5.69 Å².